The topological polar surface area (TPSA) is 3.24 Å². The van der Waals surface area contributed by atoms with Crippen LogP contribution in [0.4, 0.5) is 17.1 Å². The highest BCUT2D eigenvalue weighted by Gasteiger charge is 2.54. The van der Waals surface area contributed by atoms with Crippen molar-refractivity contribution >= 4 is 22.6 Å². The molecule has 1 unspecified atom stereocenters. The van der Waals surface area contributed by atoms with Crippen LogP contribution in [0.2, 0.25) is 0 Å². The van der Waals surface area contributed by atoms with E-state index in [1.807, 2.05) is 0 Å². The zero-order chi connectivity index (χ0) is 44.9. The van der Waals surface area contributed by atoms with Crippen LogP contribution in [0.5, 0.6) is 0 Å². The van der Waals surface area contributed by atoms with E-state index in [9.17, 15) is 0 Å². The van der Waals surface area contributed by atoms with E-state index in [2.05, 4.69) is 252 Å². The highest BCUT2D eigenvalue weighted by atomic mass is 15.1. The second-order valence-corrected chi connectivity index (χ2v) is 18.6. The molecule has 0 amide bonds. The van der Waals surface area contributed by atoms with Gasteiger partial charge in [-0.15, -0.1) is 0 Å². The Balaban J connectivity index is 1.16. The molecule has 320 valence electrons. The fourth-order valence-corrected chi connectivity index (χ4v) is 11.5. The highest BCUT2D eigenvalue weighted by Crippen LogP contribution is 2.66. The molecule has 8 aromatic rings. The first-order valence-electron chi connectivity index (χ1n) is 23.7. The SMILES string of the molecule is C/C(=C\C1=C(C(C)C)C2=C(C=CCC2)C12c1ccccc1-c1c(N(c3ccc(-c4ccccc4)cc3)c3cccc(-c4cccc(-c5ccccc5C)c4C)c3)cccc12)c1ccccc1. The van der Waals surface area contributed by atoms with E-state index in [4.69, 9.17) is 0 Å². The molecule has 11 rings (SSSR count). The summed E-state index contributed by atoms with van der Waals surface area (Å²) in [4.78, 5) is 2.52. The molecule has 0 saturated heterocycles. The van der Waals surface area contributed by atoms with E-state index in [0.717, 1.165) is 24.2 Å². The van der Waals surface area contributed by atoms with Crippen LogP contribution in [0.25, 0.3) is 50.1 Å². The van der Waals surface area contributed by atoms with Gasteiger partial charge < -0.3 is 4.90 Å². The van der Waals surface area contributed by atoms with Gasteiger partial charge in [-0.2, -0.15) is 0 Å². The molecule has 1 nitrogen and oxygen atoms in total. The molecule has 1 heteroatoms. The summed E-state index contributed by atoms with van der Waals surface area (Å²) in [6.07, 6.45) is 9.56. The molecule has 0 aliphatic heterocycles. The molecule has 0 N–H and O–H groups in total. The van der Waals surface area contributed by atoms with Crippen molar-refractivity contribution in [3.8, 4) is 44.5 Å². The number of allylic oxidation sites excluding steroid dienone is 8. The van der Waals surface area contributed by atoms with Gasteiger partial charge in [0.05, 0.1) is 11.1 Å². The zero-order valence-electron chi connectivity index (χ0n) is 38.6. The molecule has 1 spiro atoms. The van der Waals surface area contributed by atoms with Crippen molar-refractivity contribution in [3.05, 3.63) is 262 Å². The maximum absolute atomic E-state index is 2.55. The Labute approximate surface area is 391 Å². The van der Waals surface area contributed by atoms with Gasteiger partial charge in [-0.05, 0) is 164 Å². The summed E-state index contributed by atoms with van der Waals surface area (Å²) in [5, 5.41) is 0. The van der Waals surface area contributed by atoms with Crippen LogP contribution in [0, 0.1) is 19.8 Å². The van der Waals surface area contributed by atoms with Gasteiger partial charge in [0.15, 0.2) is 0 Å². The minimum atomic E-state index is -0.471. The standard InChI is InChI=1S/C65H55N/c1-43(2)63-56-29-14-16-33-58(56)65(61(63)41-45(4)47-22-8-6-9-23-47)59-34-17-15-30-57(59)64-60(65)35-20-36-62(64)66(51-39-37-49(38-40-51)48-24-10-7-11-25-48)52-27-18-26-50(42-52)54-31-19-32-55(46(54)5)53-28-13-12-21-44(53)3/h6-13,15-28,30-43H,14,29H2,1-5H3/b45-41+. The van der Waals surface area contributed by atoms with Crippen LogP contribution in [0.1, 0.15) is 61.4 Å². The van der Waals surface area contributed by atoms with E-state index in [1.54, 1.807) is 0 Å². The summed E-state index contributed by atoms with van der Waals surface area (Å²) in [5.41, 5.74) is 26.7. The van der Waals surface area contributed by atoms with Crippen LogP contribution in [-0.4, -0.2) is 0 Å². The predicted molar refractivity (Wildman–Crippen MR) is 280 cm³/mol. The van der Waals surface area contributed by atoms with Crippen molar-refractivity contribution in [3.63, 3.8) is 0 Å². The molecular weight excluding hydrogens is 795 g/mol. The average molecular weight is 850 g/mol. The number of hydrogen-bond donors (Lipinski definition) is 0. The first-order chi connectivity index (χ1) is 32.3. The first kappa shape index (κ1) is 41.2. The summed E-state index contributed by atoms with van der Waals surface area (Å²) < 4.78 is 0. The third-order valence-corrected chi connectivity index (χ3v) is 14.5. The number of nitrogens with zero attached hydrogens (tertiary/aromatic N) is 1. The third kappa shape index (κ3) is 6.68. The monoisotopic (exact) mass is 849 g/mol. The van der Waals surface area contributed by atoms with Crippen molar-refractivity contribution in [2.45, 2.75) is 52.9 Å². The largest absolute Gasteiger partial charge is 0.310 e. The zero-order valence-corrected chi connectivity index (χ0v) is 38.6. The number of hydrogen-bond acceptors (Lipinski definition) is 1. The lowest BCUT2D eigenvalue weighted by Crippen LogP contribution is -2.28. The number of fused-ring (bicyclic) bond motifs is 6. The Morgan fingerprint density at radius 1 is 0.561 bits per heavy atom. The molecule has 3 aliphatic carbocycles. The summed E-state index contributed by atoms with van der Waals surface area (Å²) in [6, 6.07) is 71.9. The van der Waals surface area contributed by atoms with E-state index in [-0.39, 0.29) is 0 Å². The molecule has 0 saturated carbocycles. The average Bonchev–Trinajstić information content (AvgIpc) is 3.83. The van der Waals surface area contributed by atoms with Gasteiger partial charge in [0.1, 0.15) is 0 Å². The molecule has 0 heterocycles. The van der Waals surface area contributed by atoms with Gasteiger partial charge in [0.25, 0.3) is 0 Å². The number of aryl methyl sites for hydroxylation is 1. The fourth-order valence-electron chi connectivity index (χ4n) is 11.5. The molecule has 8 aromatic carbocycles. The Bertz CT molecular complexity index is 3280. The molecule has 66 heavy (non-hydrogen) atoms. The van der Waals surface area contributed by atoms with E-state index < -0.39 is 5.41 Å². The Kier molecular flexibility index (Phi) is 10.5. The number of benzene rings is 8. The lowest BCUT2D eigenvalue weighted by atomic mass is 9.67. The summed E-state index contributed by atoms with van der Waals surface area (Å²) in [7, 11) is 0. The van der Waals surface area contributed by atoms with Gasteiger partial charge in [-0.25, -0.2) is 0 Å². The van der Waals surface area contributed by atoms with Gasteiger partial charge >= 0.3 is 0 Å². The molecule has 0 radical (unpaired) electrons. The van der Waals surface area contributed by atoms with Crippen LogP contribution < -0.4 is 4.90 Å². The predicted octanol–water partition coefficient (Wildman–Crippen LogP) is 17.8. The minimum absolute atomic E-state index is 0.352. The van der Waals surface area contributed by atoms with Crippen LogP contribution in [-0.2, 0) is 5.41 Å². The van der Waals surface area contributed by atoms with Crippen LogP contribution >= 0.6 is 0 Å². The number of rotatable bonds is 9. The molecule has 1 atom stereocenters. The molecule has 0 aromatic heterocycles. The minimum Gasteiger partial charge on any atom is -0.310 e. The second-order valence-electron chi connectivity index (χ2n) is 18.6. The molecular formula is C65H55N. The highest BCUT2D eigenvalue weighted by molar-refractivity contribution is 6.00. The van der Waals surface area contributed by atoms with E-state index in [1.165, 1.54) is 106 Å². The van der Waals surface area contributed by atoms with Gasteiger partial charge in [0.2, 0.25) is 0 Å². The second kappa shape index (κ2) is 16.8. The molecule has 0 bridgehead atoms. The molecule has 0 fully saturated rings. The van der Waals surface area contributed by atoms with Crippen LogP contribution in [0.15, 0.2) is 235 Å². The normalized spacial score (nSPS) is 16.2. The van der Waals surface area contributed by atoms with Gasteiger partial charge in [-0.1, -0.05) is 196 Å². The quantitative estimate of drug-likeness (QED) is 0.140. The third-order valence-electron chi connectivity index (χ3n) is 14.5. The smallest absolute Gasteiger partial charge is 0.0719 e. The first-order valence-corrected chi connectivity index (χ1v) is 23.7. The lowest BCUT2D eigenvalue weighted by Gasteiger charge is -2.34. The lowest BCUT2D eigenvalue weighted by molar-refractivity contribution is 0.742. The maximum Gasteiger partial charge on any atom is 0.0719 e. The van der Waals surface area contributed by atoms with Crippen molar-refractivity contribution < 1.29 is 0 Å². The summed E-state index contributed by atoms with van der Waals surface area (Å²) in [6.45, 7) is 11.6. The van der Waals surface area contributed by atoms with Crippen LogP contribution in [0.3, 0.4) is 0 Å². The summed E-state index contributed by atoms with van der Waals surface area (Å²) >= 11 is 0. The molecule has 3 aliphatic rings. The summed E-state index contributed by atoms with van der Waals surface area (Å²) in [5.74, 6) is 0.352. The van der Waals surface area contributed by atoms with Crippen molar-refractivity contribution in [1.82, 2.24) is 0 Å². The van der Waals surface area contributed by atoms with E-state index >= 15 is 0 Å². The Hall–Kier alpha value is -7.48. The van der Waals surface area contributed by atoms with Gasteiger partial charge in [0, 0.05) is 16.9 Å². The van der Waals surface area contributed by atoms with Crippen molar-refractivity contribution in [2.24, 2.45) is 5.92 Å². The van der Waals surface area contributed by atoms with Crippen molar-refractivity contribution in [1.29, 1.82) is 0 Å². The van der Waals surface area contributed by atoms with Crippen molar-refractivity contribution in [2.75, 3.05) is 4.90 Å². The maximum atomic E-state index is 2.55. The number of anilines is 3. The van der Waals surface area contributed by atoms with E-state index in [0.29, 0.717) is 5.92 Å². The Morgan fingerprint density at radius 2 is 1.18 bits per heavy atom. The van der Waals surface area contributed by atoms with Gasteiger partial charge in [-0.3, -0.25) is 0 Å². The fraction of sp³-hybridized carbons (Fsp3) is 0.138. The Morgan fingerprint density at radius 3 is 1.95 bits per heavy atom.